The minimum absolute atomic E-state index is 0.00892. The van der Waals surface area contributed by atoms with E-state index in [0.717, 1.165) is 19.3 Å². The zero-order valence-corrected chi connectivity index (χ0v) is 13.5. The number of esters is 1. The van der Waals surface area contributed by atoms with E-state index < -0.39 is 30.2 Å². The van der Waals surface area contributed by atoms with Crippen LogP contribution in [0.5, 0.6) is 0 Å². The molecular weight excluding hydrogens is 284 g/mol. The van der Waals surface area contributed by atoms with Crippen LogP contribution in [-0.2, 0) is 14.3 Å². The van der Waals surface area contributed by atoms with Crippen molar-refractivity contribution in [2.45, 2.75) is 77.1 Å². The predicted octanol–water partition coefficient (Wildman–Crippen LogP) is 2.15. The molecule has 5 nitrogen and oxygen atoms in total. The van der Waals surface area contributed by atoms with Gasteiger partial charge in [-0.15, -0.1) is 0 Å². The van der Waals surface area contributed by atoms with Crippen LogP contribution in [0.15, 0.2) is 12.2 Å². The van der Waals surface area contributed by atoms with Gasteiger partial charge in [0, 0.05) is 18.8 Å². The molecule has 1 aliphatic carbocycles. The smallest absolute Gasteiger partial charge is 0.306 e. The molecule has 5 heteroatoms. The fourth-order valence-corrected chi connectivity index (χ4v) is 2.61. The maximum Gasteiger partial charge on any atom is 0.306 e. The highest BCUT2D eigenvalue weighted by molar-refractivity contribution is 5.89. The van der Waals surface area contributed by atoms with Crippen LogP contribution in [0.3, 0.4) is 0 Å². The molecule has 1 saturated carbocycles. The Morgan fingerprint density at radius 3 is 2.73 bits per heavy atom. The van der Waals surface area contributed by atoms with Crippen LogP contribution >= 0.6 is 0 Å². The van der Waals surface area contributed by atoms with Crippen LogP contribution < -0.4 is 0 Å². The van der Waals surface area contributed by atoms with E-state index in [2.05, 4.69) is 6.92 Å². The fourth-order valence-electron chi connectivity index (χ4n) is 2.61. The third-order valence-corrected chi connectivity index (χ3v) is 3.89. The summed E-state index contributed by atoms with van der Waals surface area (Å²) in [6.07, 6.45) is 5.48. The summed E-state index contributed by atoms with van der Waals surface area (Å²) in [6.45, 7) is 3.95. The SMILES string of the molecule is CCCCCC(O)/C=C/C1C(O)CC(=O)C1OC(=O)CCC. The molecule has 0 spiro atoms. The molecule has 1 aliphatic rings. The molecule has 22 heavy (non-hydrogen) atoms. The van der Waals surface area contributed by atoms with Crippen molar-refractivity contribution in [1.82, 2.24) is 0 Å². The summed E-state index contributed by atoms with van der Waals surface area (Å²) in [4.78, 5) is 23.4. The lowest BCUT2D eigenvalue weighted by molar-refractivity contribution is -0.155. The van der Waals surface area contributed by atoms with Gasteiger partial charge in [0.2, 0.25) is 0 Å². The van der Waals surface area contributed by atoms with Crippen LogP contribution in [0, 0.1) is 5.92 Å². The van der Waals surface area contributed by atoms with E-state index in [1.165, 1.54) is 0 Å². The Bertz CT molecular complexity index is 391. The lowest BCUT2D eigenvalue weighted by Crippen LogP contribution is -2.29. The first kappa shape index (κ1) is 18.8. The summed E-state index contributed by atoms with van der Waals surface area (Å²) in [6, 6.07) is 0. The number of Topliss-reactive ketones (excluding diaryl/α,β-unsaturated/α-hetero) is 1. The lowest BCUT2D eigenvalue weighted by atomic mass is 10.0. The van der Waals surface area contributed by atoms with Crippen molar-refractivity contribution in [3.05, 3.63) is 12.2 Å². The summed E-state index contributed by atoms with van der Waals surface area (Å²) in [5.41, 5.74) is 0. The normalized spacial score (nSPS) is 26.5. The van der Waals surface area contributed by atoms with Crippen LogP contribution in [0.1, 0.15) is 58.8 Å². The van der Waals surface area contributed by atoms with Crippen molar-refractivity contribution >= 4 is 11.8 Å². The fraction of sp³-hybridized carbons (Fsp3) is 0.765. The van der Waals surface area contributed by atoms with E-state index in [1.807, 2.05) is 6.92 Å². The van der Waals surface area contributed by atoms with E-state index in [9.17, 15) is 19.8 Å². The quantitative estimate of drug-likeness (QED) is 0.387. The summed E-state index contributed by atoms with van der Waals surface area (Å²) >= 11 is 0. The number of carbonyl (C=O) groups is 2. The van der Waals surface area contributed by atoms with E-state index in [4.69, 9.17) is 4.74 Å². The zero-order chi connectivity index (χ0) is 16.5. The molecule has 0 saturated heterocycles. The Hall–Kier alpha value is -1.20. The molecule has 0 aromatic carbocycles. The van der Waals surface area contributed by atoms with Gasteiger partial charge in [0.1, 0.15) is 0 Å². The number of rotatable bonds is 9. The van der Waals surface area contributed by atoms with Crippen molar-refractivity contribution in [2.24, 2.45) is 5.92 Å². The molecule has 0 bridgehead atoms. The molecule has 0 aromatic heterocycles. The first-order valence-corrected chi connectivity index (χ1v) is 8.26. The third kappa shape index (κ3) is 5.89. The Kier molecular flexibility index (Phi) is 8.35. The highest BCUT2D eigenvalue weighted by Gasteiger charge is 2.42. The van der Waals surface area contributed by atoms with E-state index >= 15 is 0 Å². The van der Waals surface area contributed by atoms with E-state index in [0.29, 0.717) is 12.8 Å². The molecular formula is C17H28O5. The maximum absolute atomic E-state index is 11.9. The number of carbonyl (C=O) groups excluding carboxylic acids is 2. The van der Waals surface area contributed by atoms with Gasteiger partial charge >= 0.3 is 5.97 Å². The van der Waals surface area contributed by atoms with Gasteiger partial charge in [0.15, 0.2) is 11.9 Å². The van der Waals surface area contributed by atoms with Crippen LogP contribution in [0.4, 0.5) is 0 Å². The van der Waals surface area contributed by atoms with Gasteiger partial charge in [-0.3, -0.25) is 9.59 Å². The first-order chi connectivity index (χ1) is 10.5. The second-order valence-electron chi connectivity index (χ2n) is 5.92. The van der Waals surface area contributed by atoms with Crippen molar-refractivity contribution < 1.29 is 24.5 Å². The number of ether oxygens (including phenoxy) is 1. The number of hydrogen-bond acceptors (Lipinski definition) is 5. The van der Waals surface area contributed by atoms with Gasteiger partial charge in [0.05, 0.1) is 12.2 Å². The van der Waals surface area contributed by atoms with Crippen molar-refractivity contribution in [1.29, 1.82) is 0 Å². The summed E-state index contributed by atoms with van der Waals surface area (Å²) in [5.74, 6) is -1.24. The number of aliphatic hydroxyl groups excluding tert-OH is 2. The molecule has 0 amide bonds. The maximum atomic E-state index is 11.9. The Morgan fingerprint density at radius 2 is 2.09 bits per heavy atom. The molecule has 1 rings (SSSR count). The summed E-state index contributed by atoms with van der Waals surface area (Å²) in [7, 11) is 0. The van der Waals surface area contributed by atoms with Crippen molar-refractivity contribution in [3.63, 3.8) is 0 Å². The molecule has 0 heterocycles. The summed E-state index contributed by atoms with van der Waals surface area (Å²) < 4.78 is 5.20. The van der Waals surface area contributed by atoms with Gasteiger partial charge in [0.25, 0.3) is 0 Å². The highest BCUT2D eigenvalue weighted by Crippen LogP contribution is 2.28. The number of hydrogen-bond donors (Lipinski definition) is 2. The standard InChI is InChI=1S/C17H28O5/c1-3-5-6-8-12(18)9-10-13-14(19)11-15(20)17(13)22-16(21)7-4-2/h9-10,12-14,17-19H,3-8,11H2,1-2H3/b10-9+. The van der Waals surface area contributed by atoms with Crippen molar-refractivity contribution in [2.75, 3.05) is 0 Å². The minimum Gasteiger partial charge on any atom is -0.454 e. The van der Waals surface area contributed by atoms with Crippen LogP contribution in [-0.4, -0.2) is 40.3 Å². The van der Waals surface area contributed by atoms with Gasteiger partial charge in [-0.1, -0.05) is 45.3 Å². The second-order valence-corrected chi connectivity index (χ2v) is 5.92. The van der Waals surface area contributed by atoms with Gasteiger partial charge < -0.3 is 14.9 Å². The first-order valence-electron chi connectivity index (χ1n) is 8.26. The molecule has 0 radical (unpaired) electrons. The predicted molar refractivity (Wildman–Crippen MR) is 83.2 cm³/mol. The average Bonchev–Trinajstić information content (AvgIpc) is 2.71. The largest absolute Gasteiger partial charge is 0.454 e. The second kappa shape index (κ2) is 9.74. The van der Waals surface area contributed by atoms with E-state index in [-0.39, 0.29) is 18.6 Å². The number of ketones is 1. The molecule has 126 valence electrons. The number of unbranched alkanes of at least 4 members (excludes halogenated alkanes) is 2. The van der Waals surface area contributed by atoms with Crippen molar-refractivity contribution in [3.8, 4) is 0 Å². The Balaban J connectivity index is 2.60. The topological polar surface area (TPSA) is 83.8 Å². The minimum atomic E-state index is -0.923. The third-order valence-electron chi connectivity index (χ3n) is 3.89. The molecule has 1 fully saturated rings. The van der Waals surface area contributed by atoms with Gasteiger partial charge in [-0.25, -0.2) is 0 Å². The van der Waals surface area contributed by atoms with E-state index in [1.54, 1.807) is 12.2 Å². The van der Waals surface area contributed by atoms with Gasteiger partial charge in [-0.2, -0.15) is 0 Å². The molecule has 0 aromatic rings. The highest BCUT2D eigenvalue weighted by atomic mass is 16.5. The molecule has 2 N–H and O–H groups in total. The van der Waals surface area contributed by atoms with Gasteiger partial charge in [-0.05, 0) is 12.8 Å². The van der Waals surface area contributed by atoms with Crippen LogP contribution in [0.2, 0.25) is 0 Å². The summed E-state index contributed by atoms with van der Waals surface area (Å²) in [5, 5.41) is 19.8. The molecule has 4 unspecified atom stereocenters. The zero-order valence-electron chi connectivity index (χ0n) is 13.5. The average molecular weight is 312 g/mol. The van der Waals surface area contributed by atoms with Crippen LogP contribution in [0.25, 0.3) is 0 Å². The molecule has 4 atom stereocenters. The Morgan fingerprint density at radius 1 is 1.36 bits per heavy atom. The Labute approximate surface area is 132 Å². The monoisotopic (exact) mass is 312 g/mol. The number of aliphatic hydroxyl groups is 2. The molecule has 0 aliphatic heterocycles. The lowest BCUT2D eigenvalue weighted by Gasteiger charge is -2.18.